The molecule has 0 atom stereocenters. The fraction of sp³-hybridized carbons (Fsp3) is 0.222. The molecule has 68 valence electrons. The molecule has 0 spiro atoms. The highest BCUT2D eigenvalue weighted by atomic mass is 16.1. The van der Waals surface area contributed by atoms with E-state index in [9.17, 15) is 4.79 Å². The lowest BCUT2D eigenvalue weighted by Gasteiger charge is -1.93. The Morgan fingerprint density at radius 2 is 2.31 bits per heavy atom. The van der Waals surface area contributed by atoms with Crippen molar-refractivity contribution >= 4 is 12.4 Å². The van der Waals surface area contributed by atoms with E-state index in [1.165, 1.54) is 0 Å². The van der Waals surface area contributed by atoms with Crippen LogP contribution < -0.4 is 10.7 Å². The van der Waals surface area contributed by atoms with Crippen molar-refractivity contribution in [3.8, 4) is 0 Å². The minimum Gasteiger partial charge on any atom is -0.396 e. The summed E-state index contributed by atoms with van der Waals surface area (Å²) < 4.78 is 0. The minimum atomic E-state index is 0.185. The molecule has 1 heterocycles. The lowest BCUT2D eigenvalue weighted by molar-refractivity contribution is -0.383. The van der Waals surface area contributed by atoms with Gasteiger partial charge in [-0.1, -0.05) is 0 Å². The summed E-state index contributed by atoms with van der Waals surface area (Å²) in [7, 11) is 0. The van der Waals surface area contributed by atoms with E-state index >= 15 is 0 Å². The Bertz CT molecular complexity index is 358. The zero-order valence-corrected chi connectivity index (χ0v) is 7.66. The number of nitrogens with one attached hydrogen (secondary N) is 1. The van der Waals surface area contributed by atoms with Gasteiger partial charge in [0.15, 0.2) is 12.5 Å². The molecule has 0 radical (unpaired) electrons. The van der Waals surface area contributed by atoms with Crippen LogP contribution in [-0.2, 0) is 4.79 Å². The van der Waals surface area contributed by atoms with Crippen molar-refractivity contribution in [2.24, 2.45) is 5.73 Å². The smallest absolute Gasteiger partial charge is 0.227 e. The first kappa shape index (κ1) is 9.38. The van der Waals surface area contributed by atoms with Crippen molar-refractivity contribution in [2.75, 3.05) is 0 Å². The standard InChI is InChI=1S/C9H11N3O/c1-6-4-11-9(7(2)12-6)3-8(10)5-13/h3-5H,10H2,1-2H3/p+1. The van der Waals surface area contributed by atoms with E-state index in [0.29, 0.717) is 6.29 Å². The number of hydrogen-bond acceptors (Lipinski definition) is 3. The highest BCUT2D eigenvalue weighted by molar-refractivity contribution is 5.79. The number of aldehydes is 1. The van der Waals surface area contributed by atoms with Crippen molar-refractivity contribution in [3.05, 3.63) is 29.0 Å². The fourth-order valence-electron chi connectivity index (χ4n) is 0.990. The average molecular weight is 178 g/mol. The van der Waals surface area contributed by atoms with Crippen LogP contribution >= 0.6 is 0 Å². The molecule has 0 aliphatic carbocycles. The predicted octanol–water partition coefficient (Wildman–Crippen LogP) is 0.0110. The summed E-state index contributed by atoms with van der Waals surface area (Å²) in [6, 6.07) is 0. The Hall–Kier alpha value is -1.71. The lowest BCUT2D eigenvalue weighted by Crippen LogP contribution is -2.13. The number of carbonyl (C=O) groups is 1. The van der Waals surface area contributed by atoms with Gasteiger partial charge in [-0.3, -0.25) is 4.79 Å². The SMILES string of the molecule is Cc1c[nH+]c(C=C(N)C=O)c(C)n1. The van der Waals surface area contributed by atoms with Crippen LogP contribution in [0.25, 0.3) is 6.08 Å². The quantitative estimate of drug-likeness (QED) is 0.512. The van der Waals surface area contributed by atoms with Crippen molar-refractivity contribution < 1.29 is 9.78 Å². The second-order valence-corrected chi connectivity index (χ2v) is 2.80. The topological polar surface area (TPSA) is 70.1 Å². The second kappa shape index (κ2) is 3.80. The minimum absolute atomic E-state index is 0.185. The maximum absolute atomic E-state index is 10.3. The van der Waals surface area contributed by atoms with E-state index in [0.717, 1.165) is 17.1 Å². The molecule has 0 bridgehead atoms. The van der Waals surface area contributed by atoms with Gasteiger partial charge >= 0.3 is 0 Å². The third-order valence-corrected chi connectivity index (χ3v) is 1.62. The molecule has 1 aromatic heterocycles. The molecule has 0 saturated carbocycles. The van der Waals surface area contributed by atoms with Crippen molar-refractivity contribution in [1.29, 1.82) is 0 Å². The monoisotopic (exact) mass is 178 g/mol. The van der Waals surface area contributed by atoms with Gasteiger partial charge in [0.05, 0.1) is 5.70 Å². The normalized spacial score (nSPS) is 11.4. The molecule has 0 aromatic carbocycles. The highest BCUT2D eigenvalue weighted by Crippen LogP contribution is 2.01. The van der Waals surface area contributed by atoms with E-state index in [2.05, 4.69) is 9.97 Å². The van der Waals surface area contributed by atoms with Crippen LogP contribution in [0.4, 0.5) is 0 Å². The molecule has 0 amide bonds. The Morgan fingerprint density at radius 3 is 2.85 bits per heavy atom. The van der Waals surface area contributed by atoms with Gasteiger partial charge in [0.2, 0.25) is 5.69 Å². The Morgan fingerprint density at radius 1 is 1.62 bits per heavy atom. The van der Waals surface area contributed by atoms with Gasteiger partial charge in [-0.25, -0.2) is 9.97 Å². The molecule has 0 aliphatic rings. The third kappa shape index (κ3) is 2.37. The molecule has 0 aliphatic heterocycles. The van der Waals surface area contributed by atoms with Gasteiger partial charge in [0.1, 0.15) is 11.4 Å². The number of aromatic nitrogens is 2. The van der Waals surface area contributed by atoms with Gasteiger partial charge < -0.3 is 5.73 Å². The number of H-pyrrole nitrogens is 1. The maximum atomic E-state index is 10.3. The van der Waals surface area contributed by atoms with Crippen molar-refractivity contribution in [2.45, 2.75) is 13.8 Å². The Balaban J connectivity index is 3.09. The van der Waals surface area contributed by atoms with Gasteiger partial charge in [-0.05, 0) is 13.8 Å². The Kier molecular flexibility index (Phi) is 2.74. The zero-order valence-electron chi connectivity index (χ0n) is 7.66. The summed E-state index contributed by atoms with van der Waals surface area (Å²) in [5, 5.41) is 0. The zero-order chi connectivity index (χ0) is 9.84. The van der Waals surface area contributed by atoms with Gasteiger partial charge in [0.25, 0.3) is 0 Å². The third-order valence-electron chi connectivity index (χ3n) is 1.62. The molecule has 1 aromatic rings. The average Bonchev–Trinajstić information content (AvgIpc) is 2.09. The summed E-state index contributed by atoms with van der Waals surface area (Å²) in [5.74, 6) is 0. The number of carbonyl (C=O) groups excluding carboxylic acids is 1. The maximum Gasteiger partial charge on any atom is 0.227 e. The largest absolute Gasteiger partial charge is 0.396 e. The fourth-order valence-corrected chi connectivity index (χ4v) is 0.990. The molecule has 4 heteroatoms. The number of aryl methyl sites for hydroxylation is 2. The molecule has 1 rings (SSSR count). The molecule has 13 heavy (non-hydrogen) atoms. The first-order valence-corrected chi connectivity index (χ1v) is 3.91. The van der Waals surface area contributed by atoms with Gasteiger partial charge in [-0.15, -0.1) is 0 Å². The van der Waals surface area contributed by atoms with Crippen molar-refractivity contribution in [3.63, 3.8) is 0 Å². The van der Waals surface area contributed by atoms with Crippen LogP contribution in [0, 0.1) is 13.8 Å². The first-order valence-electron chi connectivity index (χ1n) is 3.91. The Labute approximate surface area is 76.5 Å². The molecule has 0 fully saturated rings. The summed E-state index contributed by atoms with van der Waals surface area (Å²) in [6.07, 6.45) is 3.93. The van der Waals surface area contributed by atoms with E-state index in [1.807, 2.05) is 13.8 Å². The molecule has 0 unspecified atom stereocenters. The van der Waals surface area contributed by atoms with Crippen molar-refractivity contribution in [1.82, 2.24) is 4.98 Å². The van der Waals surface area contributed by atoms with Crippen LogP contribution in [0.2, 0.25) is 0 Å². The summed E-state index contributed by atoms with van der Waals surface area (Å²) >= 11 is 0. The van der Waals surface area contributed by atoms with Crippen LogP contribution in [0.3, 0.4) is 0 Å². The molecule has 4 nitrogen and oxygen atoms in total. The summed E-state index contributed by atoms with van der Waals surface area (Å²) in [6.45, 7) is 3.74. The number of nitrogens with two attached hydrogens (primary N) is 1. The number of hydrogen-bond donors (Lipinski definition) is 1. The summed E-state index contributed by atoms with van der Waals surface area (Å²) in [5.41, 5.74) is 8.03. The first-order chi connectivity index (χ1) is 6.13. The van der Waals surface area contributed by atoms with E-state index < -0.39 is 0 Å². The van der Waals surface area contributed by atoms with E-state index in [4.69, 9.17) is 5.73 Å². The molecular weight excluding hydrogens is 166 g/mol. The molecule has 0 saturated heterocycles. The van der Waals surface area contributed by atoms with Crippen LogP contribution in [-0.4, -0.2) is 11.3 Å². The predicted molar refractivity (Wildman–Crippen MR) is 48.5 cm³/mol. The van der Waals surface area contributed by atoms with E-state index in [-0.39, 0.29) is 5.70 Å². The molecular formula is C9H12N3O+. The summed E-state index contributed by atoms with van der Waals surface area (Å²) in [4.78, 5) is 17.5. The lowest BCUT2D eigenvalue weighted by atomic mass is 10.2. The number of rotatable bonds is 2. The second-order valence-electron chi connectivity index (χ2n) is 2.80. The van der Waals surface area contributed by atoms with Crippen LogP contribution in [0.15, 0.2) is 11.9 Å². The highest BCUT2D eigenvalue weighted by Gasteiger charge is 2.05. The number of aromatic amines is 1. The number of allylic oxidation sites excluding steroid dienone is 1. The van der Waals surface area contributed by atoms with Crippen LogP contribution in [0.1, 0.15) is 17.1 Å². The van der Waals surface area contributed by atoms with Crippen LogP contribution in [0.5, 0.6) is 0 Å². The van der Waals surface area contributed by atoms with Gasteiger partial charge in [0, 0.05) is 6.08 Å². The van der Waals surface area contributed by atoms with Gasteiger partial charge in [-0.2, -0.15) is 0 Å². The van der Waals surface area contributed by atoms with E-state index in [1.54, 1.807) is 12.3 Å². The molecule has 3 N–H and O–H groups in total. The number of nitrogens with zero attached hydrogens (tertiary/aromatic N) is 1.